The van der Waals surface area contributed by atoms with Gasteiger partial charge in [0, 0.05) is 35.3 Å². The second kappa shape index (κ2) is 8.98. The van der Waals surface area contributed by atoms with Crippen LogP contribution >= 0.6 is 51.3 Å². The van der Waals surface area contributed by atoms with Crippen LogP contribution in [0.2, 0.25) is 10.0 Å². The van der Waals surface area contributed by atoms with Crippen LogP contribution in [0.15, 0.2) is 28.1 Å². The lowest BCUT2D eigenvalue weighted by Crippen LogP contribution is -2.32. The van der Waals surface area contributed by atoms with Crippen molar-refractivity contribution >= 4 is 73.7 Å². The van der Waals surface area contributed by atoms with E-state index in [0.717, 1.165) is 25.1 Å². The highest BCUT2D eigenvalue weighted by Crippen LogP contribution is 2.37. The molecule has 6 nitrogen and oxygen atoms in total. The number of thiocarbonyl (C=S) groups is 1. The summed E-state index contributed by atoms with van der Waals surface area (Å²) in [6, 6.07) is 0.897. The number of aromatic nitrogens is 2. The molecular formula is C18H19BrCl2N4O2S. The molecule has 1 aliphatic rings. The molecule has 0 bridgehead atoms. The van der Waals surface area contributed by atoms with Gasteiger partial charge in [0.05, 0.1) is 27.8 Å². The second-order valence-corrected chi connectivity index (χ2v) is 8.04. The zero-order chi connectivity index (χ0) is 20.4. The van der Waals surface area contributed by atoms with Gasteiger partial charge in [-0.15, -0.1) is 0 Å². The monoisotopic (exact) mass is 504 g/mol. The minimum absolute atomic E-state index is 0.256. The van der Waals surface area contributed by atoms with Gasteiger partial charge in [0.2, 0.25) is 0 Å². The lowest BCUT2D eigenvalue weighted by molar-refractivity contribution is -0.146. The van der Waals surface area contributed by atoms with E-state index in [1.54, 1.807) is 36.4 Å². The van der Waals surface area contributed by atoms with E-state index in [9.17, 15) is 4.79 Å². The largest absolute Gasteiger partial charge is 0.464 e. The number of hydrogen-bond acceptors (Lipinski definition) is 5. The van der Waals surface area contributed by atoms with E-state index in [2.05, 4.69) is 26.3 Å². The van der Waals surface area contributed by atoms with Gasteiger partial charge in [-0.25, -0.2) is 4.79 Å². The van der Waals surface area contributed by atoms with Gasteiger partial charge in [0.15, 0.2) is 6.04 Å². The van der Waals surface area contributed by atoms with Crippen molar-refractivity contribution in [3.8, 4) is 0 Å². The molecule has 1 saturated heterocycles. The third-order valence-corrected chi connectivity index (χ3v) is 6.38. The Hall–Kier alpha value is -1.35. The summed E-state index contributed by atoms with van der Waals surface area (Å²) in [6.45, 7) is 2.84. The minimum atomic E-state index is -0.811. The Kier molecular flexibility index (Phi) is 6.85. The lowest BCUT2D eigenvalue weighted by atomic mass is 10.1. The molecular weight excluding hydrogens is 487 g/mol. The molecule has 3 rings (SSSR count). The fourth-order valence-electron chi connectivity index (χ4n) is 3.35. The topological polar surface area (TPSA) is 59.4 Å². The first-order chi connectivity index (χ1) is 13.4. The predicted molar refractivity (Wildman–Crippen MR) is 119 cm³/mol. The number of nitrogens with one attached hydrogen (secondary N) is 1. The maximum atomic E-state index is 12.9. The number of carbonyl (C=O) groups excluding carboxylic acids is 1. The van der Waals surface area contributed by atoms with E-state index >= 15 is 0 Å². The van der Waals surface area contributed by atoms with Gasteiger partial charge in [-0.05, 0) is 41.8 Å². The predicted octanol–water partition coefficient (Wildman–Crippen LogP) is 4.69. The van der Waals surface area contributed by atoms with Crippen molar-refractivity contribution in [3.05, 3.63) is 38.2 Å². The van der Waals surface area contributed by atoms with Crippen LogP contribution in [-0.2, 0) is 9.53 Å². The number of ether oxygens (including phenoxy) is 1. The minimum Gasteiger partial charge on any atom is -0.464 e. The van der Waals surface area contributed by atoms with Gasteiger partial charge in [0.1, 0.15) is 5.52 Å². The molecule has 0 spiro atoms. The fourth-order valence-corrected chi connectivity index (χ4v) is 4.57. The average molecular weight is 506 g/mol. The molecule has 1 fully saturated rings. The van der Waals surface area contributed by atoms with Crippen molar-refractivity contribution < 1.29 is 9.53 Å². The third-order valence-electron chi connectivity index (χ3n) is 4.57. The van der Waals surface area contributed by atoms with Crippen LogP contribution in [0, 0.1) is 0 Å². The molecule has 1 aliphatic heterocycles. The van der Waals surface area contributed by atoms with Crippen molar-refractivity contribution in [2.45, 2.75) is 25.8 Å². The molecule has 0 saturated carbocycles. The Morgan fingerprint density at radius 3 is 2.93 bits per heavy atom. The van der Waals surface area contributed by atoms with E-state index in [1.165, 1.54) is 0 Å². The van der Waals surface area contributed by atoms with Crippen molar-refractivity contribution in [1.82, 2.24) is 20.0 Å². The molecule has 2 aromatic rings. The van der Waals surface area contributed by atoms with Crippen molar-refractivity contribution in [1.29, 1.82) is 0 Å². The van der Waals surface area contributed by atoms with Gasteiger partial charge in [-0.2, -0.15) is 5.10 Å². The number of halogens is 3. The number of likely N-dealkylation sites (N-methyl/N-ethyl adjacent to an activating group) is 1. The first-order valence-electron chi connectivity index (χ1n) is 8.74. The number of fused-ring (bicyclic) bond motifs is 1. The second-order valence-electron chi connectivity index (χ2n) is 6.19. The molecule has 0 aliphatic carbocycles. The lowest BCUT2D eigenvalue weighted by Gasteiger charge is -2.24. The van der Waals surface area contributed by atoms with Crippen LogP contribution in [0.3, 0.4) is 0 Å². The Morgan fingerprint density at radius 1 is 1.54 bits per heavy atom. The zero-order valence-electron chi connectivity index (χ0n) is 15.3. The zero-order valence-corrected chi connectivity index (χ0v) is 19.3. The van der Waals surface area contributed by atoms with Gasteiger partial charge in [-0.1, -0.05) is 35.4 Å². The average Bonchev–Trinajstić information content (AvgIpc) is 3.31. The summed E-state index contributed by atoms with van der Waals surface area (Å²) in [7, 11) is 1.77. The first-order valence-corrected chi connectivity index (χ1v) is 10.8. The summed E-state index contributed by atoms with van der Waals surface area (Å²) in [6.07, 6.45) is 3.47. The first kappa shape index (κ1) is 21.4. The van der Waals surface area contributed by atoms with Crippen LogP contribution in [0.4, 0.5) is 0 Å². The Bertz CT molecular complexity index is 963. The molecule has 0 radical (unpaired) electrons. The number of nitrogens with zero attached hydrogens (tertiary/aromatic N) is 3. The molecule has 1 unspecified atom stereocenters. The molecule has 2 heterocycles. The van der Waals surface area contributed by atoms with Crippen molar-refractivity contribution in [2.75, 3.05) is 20.2 Å². The summed E-state index contributed by atoms with van der Waals surface area (Å²) in [5, 5.41) is 9.31. The van der Waals surface area contributed by atoms with Crippen molar-refractivity contribution in [2.24, 2.45) is 0 Å². The number of hydrogen-bond donors (Lipinski definition) is 1. The summed E-state index contributed by atoms with van der Waals surface area (Å²) in [4.78, 5) is 14.9. The van der Waals surface area contributed by atoms with E-state index in [1.807, 2.05) is 4.90 Å². The molecule has 0 amide bonds. The normalized spacial score (nSPS) is 17.0. The summed E-state index contributed by atoms with van der Waals surface area (Å²) < 4.78 is 7.53. The van der Waals surface area contributed by atoms with Crippen LogP contribution < -0.4 is 5.32 Å². The fraction of sp³-hybridized carbons (Fsp3) is 0.389. The summed E-state index contributed by atoms with van der Waals surface area (Å²) in [5.41, 5.74) is 3.75. The molecule has 1 aromatic heterocycles. The SMILES string of the molecule is CCOC(=O)C(/C(NC)=C1\CCCN1C=S)n1cc2c(Cl)cc(Br)c(Cl)c2n1. The number of carbonyl (C=O) groups is 1. The third kappa shape index (κ3) is 3.87. The highest BCUT2D eigenvalue weighted by Gasteiger charge is 2.33. The summed E-state index contributed by atoms with van der Waals surface area (Å²) in [5.74, 6) is -0.422. The smallest absolute Gasteiger partial charge is 0.337 e. The Labute approximate surface area is 186 Å². The quantitative estimate of drug-likeness (QED) is 0.349. The van der Waals surface area contributed by atoms with Crippen LogP contribution in [0.5, 0.6) is 0 Å². The maximum Gasteiger partial charge on any atom is 0.337 e. The maximum absolute atomic E-state index is 12.9. The molecule has 28 heavy (non-hydrogen) atoms. The Morgan fingerprint density at radius 2 is 2.29 bits per heavy atom. The number of allylic oxidation sites excluding steroid dienone is 1. The van der Waals surface area contributed by atoms with E-state index < -0.39 is 12.0 Å². The van der Waals surface area contributed by atoms with Crippen LogP contribution in [0.25, 0.3) is 10.9 Å². The Balaban J connectivity index is 2.21. The van der Waals surface area contributed by atoms with Gasteiger partial charge >= 0.3 is 5.97 Å². The van der Waals surface area contributed by atoms with E-state index in [-0.39, 0.29) is 6.61 Å². The van der Waals surface area contributed by atoms with Gasteiger partial charge in [0.25, 0.3) is 0 Å². The number of likely N-dealkylation sites (tertiary alicyclic amines) is 1. The number of benzene rings is 1. The molecule has 1 atom stereocenters. The van der Waals surface area contributed by atoms with Gasteiger partial charge in [-0.3, -0.25) is 4.68 Å². The molecule has 1 aromatic carbocycles. The summed E-state index contributed by atoms with van der Waals surface area (Å²) >= 11 is 21.3. The molecule has 1 N–H and O–H groups in total. The van der Waals surface area contributed by atoms with E-state index in [4.69, 9.17) is 40.2 Å². The molecule has 10 heteroatoms. The van der Waals surface area contributed by atoms with E-state index in [0.29, 0.717) is 31.1 Å². The standard InChI is InChI=1S/C18H19BrCl2N4O2S/c1-3-27-18(26)17(16(22-2)13-5-4-6-24(13)9-28)25-8-10-12(20)7-11(19)14(21)15(10)23-25/h7-9,17,22H,3-6H2,1-2H3/b16-13-. The number of rotatable bonds is 6. The van der Waals surface area contributed by atoms with Crippen LogP contribution in [-0.4, -0.2) is 46.3 Å². The van der Waals surface area contributed by atoms with Gasteiger partial charge < -0.3 is 15.0 Å². The van der Waals surface area contributed by atoms with Crippen molar-refractivity contribution in [3.63, 3.8) is 0 Å². The number of esters is 1. The molecule has 150 valence electrons. The highest BCUT2D eigenvalue weighted by molar-refractivity contribution is 9.10. The van der Waals surface area contributed by atoms with Crippen LogP contribution in [0.1, 0.15) is 25.8 Å². The highest BCUT2D eigenvalue weighted by atomic mass is 79.9.